The van der Waals surface area contributed by atoms with Crippen LogP contribution in [-0.4, -0.2) is 9.97 Å². The molecular weight excluding hydrogens is 290 g/mol. The molecule has 22 heavy (non-hydrogen) atoms. The van der Waals surface area contributed by atoms with Crippen molar-refractivity contribution in [1.29, 1.82) is 0 Å². The Bertz CT molecular complexity index is 916. The second kappa shape index (κ2) is 5.58. The second-order valence-corrected chi connectivity index (χ2v) is 5.82. The Morgan fingerprint density at radius 1 is 0.909 bits per heavy atom. The normalized spacial score (nSPS) is 10.7. The molecule has 0 fully saturated rings. The largest absolute Gasteiger partial charge is 0.330 e. The Hall–Kier alpha value is -2.72. The lowest BCUT2D eigenvalue weighted by atomic mass is 10.1. The Morgan fingerprint density at radius 2 is 1.82 bits per heavy atom. The molecule has 0 aliphatic heterocycles. The van der Waals surface area contributed by atoms with Crippen molar-refractivity contribution in [1.82, 2.24) is 9.97 Å². The molecule has 0 aliphatic rings. The third kappa shape index (κ3) is 2.56. The van der Waals surface area contributed by atoms with Crippen molar-refractivity contribution in [2.24, 2.45) is 0 Å². The van der Waals surface area contributed by atoms with Gasteiger partial charge in [0.05, 0.1) is 17.6 Å². The Kier molecular flexibility index (Phi) is 3.29. The monoisotopic (exact) mass is 303 g/mol. The number of anilines is 2. The molecule has 0 spiro atoms. The van der Waals surface area contributed by atoms with Crippen LogP contribution in [0.5, 0.6) is 0 Å². The molecule has 3 nitrogen and oxygen atoms in total. The summed E-state index contributed by atoms with van der Waals surface area (Å²) in [5, 5.41) is 8.70. The van der Waals surface area contributed by atoms with E-state index in [2.05, 4.69) is 63.1 Å². The summed E-state index contributed by atoms with van der Waals surface area (Å²) in [4.78, 5) is 8.76. The maximum absolute atomic E-state index is 4.66. The van der Waals surface area contributed by atoms with E-state index in [9.17, 15) is 0 Å². The van der Waals surface area contributed by atoms with Crippen molar-refractivity contribution in [2.75, 3.05) is 5.32 Å². The first-order valence-corrected chi connectivity index (χ1v) is 7.88. The van der Waals surface area contributed by atoms with Gasteiger partial charge in [-0.25, -0.2) is 4.98 Å². The Morgan fingerprint density at radius 3 is 2.68 bits per heavy atom. The number of hydrogen-bond donors (Lipinski definition) is 1. The number of aromatic nitrogens is 2. The zero-order valence-corrected chi connectivity index (χ0v) is 12.5. The van der Waals surface area contributed by atoms with E-state index >= 15 is 0 Å². The quantitative estimate of drug-likeness (QED) is 0.572. The highest BCUT2D eigenvalue weighted by Crippen LogP contribution is 2.29. The van der Waals surface area contributed by atoms with Gasteiger partial charge < -0.3 is 5.32 Å². The fourth-order valence-electron chi connectivity index (χ4n) is 2.37. The lowest BCUT2D eigenvalue weighted by Crippen LogP contribution is -1.89. The third-order valence-electron chi connectivity index (χ3n) is 3.46. The molecular formula is C18H13N3S. The summed E-state index contributed by atoms with van der Waals surface area (Å²) in [6, 6.07) is 18.7. The predicted molar refractivity (Wildman–Crippen MR) is 92.6 cm³/mol. The molecule has 2 heterocycles. The van der Waals surface area contributed by atoms with Crippen LogP contribution in [0.2, 0.25) is 0 Å². The van der Waals surface area contributed by atoms with Crippen molar-refractivity contribution in [3.05, 3.63) is 72.4 Å². The van der Waals surface area contributed by atoms with Crippen molar-refractivity contribution < 1.29 is 0 Å². The summed E-state index contributed by atoms with van der Waals surface area (Å²) in [7, 11) is 0. The minimum absolute atomic E-state index is 0.871. The number of rotatable bonds is 3. The van der Waals surface area contributed by atoms with Gasteiger partial charge in [-0.3, -0.25) is 4.98 Å². The molecule has 0 amide bonds. The van der Waals surface area contributed by atoms with Crippen molar-refractivity contribution >= 4 is 32.9 Å². The summed E-state index contributed by atoms with van der Waals surface area (Å²) in [6.45, 7) is 0. The van der Waals surface area contributed by atoms with Crippen LogP contribution in [0, 0.1) is 0 Å². The van der Waals surface area contributed by atoms with E-state index in [1.165, 1.54) is 10.8 Å². The lowest BCUT2D eigenvalue weighted by Gasteiger charge is -2.02. The smallest absolute Gasteiger partial charge is 0.187 e. The van der Waals surface area contributed by atoms with Crippen LogP contribution in [0.1, 0.15) is 0 Å². The molecule has 4 rings (SSSR count). The summed E-state index contributed by atoms with van der Waals surface area (Å²) in [5.41, 5.74) is 3.07. The summed E-state index contributed by atoms with van der Waals surface area (Å²) >= 11 is 1.59. The van der Waals surface area contributed by atoms with Gasteiger partial charge >= 0.3 is 0 Å². The molecule has 0 saturated heterocycles. The molecule has 0 bridgehead atoms. The first-order valence-electron chi connectivity index (χ1n) is 7.00. The van der Waals surface area contributed by atoms with E-state index < -0.39 is 0 Å². The first-order chi connectivity index (χ1) is 10.9. The number of fused-ring (bicyclic) bond motifs is 1. The van der Waals surface area contributed by atoms with Gasteiger partial charge in [0, 0.05) is 17.1 Å². The van der Waals surface area contributed by atoms with E-state index in [-0.39, 0.29) is 0 Å². The lowest BCUT2D eigenvalue weighted by molar-refractivity contribution is 1.31. The van der Waals surface area contributed by atoms with E-state index in [4.69, 9.17) is 0 Å². The molecule has 0 unspecified atom stereocenters. The summed E-state index contributed by atoms with van der Waals surface area (Å²) in [6.07, 6.45) is 3.55. The van der Waals surface area contributed by atoms with Gasteiger partial charge in [0.1, 0.15) is 0 Å². The van der Waals surface area contributed by atoms with E-state index in [0.717, 1.165) is 22.1 Å². The van der Waals surface area contributed by atoms with Crippen LogP contribution in [0.4, 0.5) is 10.8 Å². The van der Waals surface area contributed by atoms with Gasteiger partial charge in [-0.2, -0.15) is 0 Å². The molecule has 0 atom stereocenters. The molecule has 0 saturated carbocycles. The predicted octanol–water partition coefficient (Wildman–Crippen LogP) is 5.10. The Balaban J connectivity index is 1.65. The highest BCUT2D eigenvalue weighted by atomic mass is 32.1. The third-order valence-corrected chi connectivity index (χ3v) is 4.22. The molecule has 2 aromatic carbocycles. The fourth-order valence-corrected chi connectivity index (χ4v) is 3.11. The average Bonchev–Trinajstić information content (AvgIpc) is 3.04. The van der Waals surface area contributed by atoms with Gasteiger partial charge in [0.25, 0.3) is 0 Å². The van der Waals surface area contributed by atoms with Gasteiger partial charge in [0.2, 0.25) is 0 Å². The molecule has 106 valence electrons. The number of nitrogens with one attached hydrogen (secondary N) is 1. The van der Waals surface area contributed by atoms with E-state index in [0.29, 0.717) is 0 Å². The van der Waals surface area contributed by atoms with E-state index in [1.54, 1.807) is 23.7 Å². The van der Waals surface area contributed by atoms with Gasteiger partial charge in [-0.1, -0.05) is 36.4 Å². The highest BCUT2D eigenvalue weighted by molar-refractivity contribution is 7.14. The molecule has 0 aliphatic carbocycles. The number of nitrogens with zero attached hydrogens (tertiary/aromatic N) is 2. The van der Waals surface area contributed by atoms with Crippen LogP contribution < -0.4 is 5.32 Å². The van der Waals surface area contributed by atoms with Crippen molar-refractivity contribution in [2.45, 2.75) is 0 Å². The number of hydrogen-bond acceptors (Lipinski definition) is 4. The topological polar surface area (TPSA) is 37.8 Å². The molecule has 4 aromatic rings. The SMILES string of the molecule is c1cncc(Nc2nc(-c3ccc4ccccc4c3)cs2)c1. The van der Waals surface area contributed by atoms with Crippen molar-refractivity contribution in [3.8, 4) is 11.3 Å². The number of pyridine rings is 1. The maximum Gasteiger partial charge on any atom is 0.187 e. The average molecular weight is 303 g/mol. The minimum Gasteiger partial charge on any atom is -0.330 e. The molecule has 2 aromatic heterocycles. The van der Waals surface area contributed by atoms with Crippen molar-refractivity contribution in [3.63, 3.8) is 0 Å². The molecule has 4 heteroatoms. The maximum atomic E-state index is 4.66. The zero-order chi connectivity index (χ0) is 14.8. The van der Waals surface area contributed by atoms with Crippen LogP contribution in [0.25, 0.3) is 22.0 Å². The standard InChI is InChI=1S/C18H13N3S/c1-2-5-14-10-15(8-7-13(14)4-1)17-12-22-18(21-17)20-16-6-3-9-19-11-16/h1-12H,(H,20,21). The van der Waals surface area contributed by atoms with E-state index in [1.807, 2.05) is 12.1 Å². The fraction of sp³-hybridized carbons (Fsp3) is 0. The van der Waals surface area contributed by atoms with Crippen LogP contribution in [0.15, 0.2) is 72.4 Å². The summed E-state index contributed by atoms with van der Waals surface area (Å²) < 4.78 is 0. The van der Waals surface area contributed by atoms with Gasteiger partial charge in [-0.05, 0) is 29.0 Å². The Labute approximate surface area is 132 Å². The first kappa shape index (κ1) is 13.0. The van der Waals surface area contributed by atoms with Gasteiger partial charge in [-0.15, -0.1) is 11.3 Å². The second-order valence-electron chi connectivity index (χ2n) is 4.97. The molecule has 1 N–H and O–H groups in total. The minimum atomic E-state index is 0.871. The number of benzene rings is 2. The van der Waals surface area contributed by atoms with Crippen LogP contribution in [0.3, 0.4) is 0 Å². The van der Waals surface area contributed by atoms with Crippen LogP contribution in [-0.2, 0) is 0 Å². The highest BCUT2D eigenvalue weighted by Gasteiger charge is 2.05. The van der Waals surface area contributed by atoms with Crippen LogP contribution >= 0.6 is 11.3 Å². The molecule has 0 radical (unpaired) electrons. The zero-order valence-electron chi connectivity index (χ0n) is 11.7. The number of thiazole rings is 1. The summed E-state index contributed by atoms with van der Waals surface area (Å²) in [5.74, 6) is 0. The van der Waals surface area contributed by atoms with Gasteiger partial charge in [0.15, 0.2) is 5.13 Å².